The lowest BCUT2D eigenvalue weighted by molar-refractivity contribution is -0.0547. The first kappa shape index (κ1) is 31.4. The normalized spacial score (nSPS) is 18.6. The summed E-state index contributed by atoms with van der Waals surface area (Å²) in [5.41, 5.74) is 0.440. The summed E-state index contributed by atoms with van der Waals surface area (Å²) in [6, 6.07) is 13.4. The molecule has 0 spiro atoms. The Morgan fingerprint density at radius 3 is 2.30 bits per heavy atom. The van der Waals surface area contributed by atoms with Crippen LogP contribution in [0.15, 0.2) is 64.5 Å². The van der Waals surface area contributed by atoms with Crippen LogP contribution in [0, 0.1) is 6.92 Å². The minimum absolute atomic E-state index is 0.00854. The summed E-state index contributed by atoms with van der Waals surface area (Å²) in [6.45, 7) is 7.08. The van der Waals surface area contributed by atoms with Gasteiger partial charge in [0.1, 0.15) is 5.54 Å². The third-order valence-corrected chi connectivity index (χ3v) is 9.42. The van der Waals surface area contributed by atoms with Crippen LogP contribution in [0.2, 0.25) is 0 Å². The third-order valence-electron chi connectivity index (χ3n) is 6.00. The molecular formula is C26H35N4O8PS. The lowest BCUT2D eigenvalue weighted by Crippen LogP contribution is -2.46. The Balaban J connectivity index is 1.87. The number of hydrogen-bond donors (Lipinski definition) is 2. The van der Waals surface area contributed by atoms with Crippen LogP contribution in [0.4, 0.5) is 9.59 Å². The van der Waals surface area contributed by atoms with Crippen molar-refractivity contribution in [2.24, 2.45) is 4.99 Å². The molecule has 2 N–H and O–H groups in total. The van der Waals surface area contributed by atoms with Crippen molar-refractivity contribution in [3.8, 4) is 0 Å². The predicted molar refractivity (Wildman–Crippen MR) is 150 cm³/mol. The molecule has 4 amide bonds. The zero-order valence-corrected chi connectivity index (χ0v) is 24.7. The molecule has 0 aliphatic carbocycles. The Bertz CT molecular complexity index is 1360. The zero-order valence-electron chi connectivity index (χ0n) is 23.0. The standard InChI is InChI=1S/C26H35N4O8PS/c1-5-37-39(33,38-6-2)19-17-26(4)23(27-24(31)29-40(34,35)22-14-12-20(3)13-15-22)30(25(32)28-26)36-18-16-21-10-8-7-9-11-21/h7-15H,5-6,16-19H2,1-4H3,(H,28,32)(H,29,31)/b27-23+. The van der Waals surface area contributed by atoms with Gasteiger partial charge in [-0.15, -0.1) is 0 Å². The fourth-order valence-corrected chi connectivity index (χ4v) is 6.68. The van der Waals surface area contributed by atoms with Gasteiger partial charge in [-0.2, -0.15) is 10.1 Å². The van der Waals surface area contributed by atoms with E-state index in [9.17, 15) is 22.6 Å². The largest absolute Gasteiger partial charge is 0.356 e. The summed E-state index contributed by atoms with van der Waals surface area (Å²) >= 11 is 0. The average molecular weight is 595 g/mol. The van der Waals surface area contributed by atoms with Gasteiger partial charge in [0, 0.05) is 0 Å². The molecule has 0 radical (unpaired) electrons. The van der Waals surface area contributed by atoms with E-state index in [1.807, 2.05) is 35.1 Å². The summed E-state index contributed by atoms with van der Waals surface area (Å²) in [5.74, 6) is -0.193. The molecule has 14 heteroatoms. The van der Waals surface area contributed by atoms with Crippen LogP contribution in [0.25, 0.3) is 0 Å². The van der Waals surface area contributed by atoms with Gasteiger partial charge in [0.2, 0.25) is 0 Å². The number of nitrogens with one attached hydrogen (secondary N) is 2. The molecule has 3 rings (SSSR count). The number of aliphatic imine (C=N–C) groups is 1. The summed E-state index contributed by atoms with van der Waals surface area (Å²) in [5, 5.41) is 3.54. The number of aryl methyl sites for hydroxylation is 1. The van der Waals surface area contributed by atoms with Gasteiger partial charge in [-0.3, -0.25) is 9.40 Å². The van der Waals surface area contributed by atoms with E-state index >= 15 is 0 Å². The molecule has 12 nitrogen and oxygen atoms in total. The molecule has 1 unspecified atom stereocenters. The van der Waals surface area contributed by atoms with E-state index in [4.69, 9.17) is 13.9 Å². The van der Waals surface area contributed by atoms with Gasteiger partial charge >= 0.3 is 19.7 Å². The van der Waals surface area contributed by atoms with Crippen LogP contribution in [0.5, 0.6) is 0 Å². The van der Waals surface area contributed by atoms with Gasteiger partial charge < -0.3 is 14.4 Å². The molecule has 2 aromatic rings. The first-order valence-electron chi connectivity index (χ1n) is 12.8. The van der Waals surface area contributed by atoms with Crippen molar-refractivity contribution < 1.29 is 36.5 Å². The minimum Gasteiger partial charge on any atom is -0.323 e. The van der Waals surface area contributed by atoms with Gasteiger partial charge in [0.25, 0.3) is 10.0 Å². The Morgan fingerprint density at radius 1 is 1.07 bits per heavy atom. The van der Waals surface area contributed by atoms with Gasteiger partial charge in [-0.25, -0.2) is 22.7 Å². The fraction of sp³-hybridized carbons (Fsp3) is 0.423. The van der Waals surface area contributed by atoms with Crippen LogP contribution in [-0.4, -0.2) is 62.9 Å². The van der Waals surface area contributed by atoms with Crippen LogP contribution in [0.1, 0.15) is 38.3 Å². The van der Waals surface area contributed by atoms with Crippen molar-refractivity contribution in [3.63, 3.8) is 0 Å². The lowest BCUT2D eigenvalue weighted by Gasteiger charge is -2.27. The van der Waals surface area contributed by atoms with Crippen LogP contribution in [0.3, 0.4) is 0 Å². The Labute approximate surface area is 234 Å². The highest BCUT2D eigenvalue weighted by Gasteiger charge is 2.48. The minimum atomic E-state index is -4.25. The molecule has 1 aliphatic heterocycles. The summed E-state index contributed by atoms with van der Waals surface area (Å²) < 4.78 is 51.3. The topological polar surface area (TPSA) is 153 Å². The molecule has 1 aliphatic rings. The SMILES string of the molecule is CCOP(=O)(CCC1(C)NC(=O)N(OCCc2ccccc2)/C1=N/C(=O)NS(=O)(=O)c1ccc(C)cc1)OCC. The Kier molecular flexibility index (Phi) is 10.6. The molecule has 0 bridgehead atoms. The van der Waals surface area contributed by atoms with Crippen molar-refractivity contribution in [1.29, 1.82) is 0 Å². The van der Waals surface area contributed by atoms with E-state index < -0.39 is 35.2 Å². The van der Waals surface area contributed by atoms with Gasteiger partial charge in [0.05, 0.1) is 30.9 Å². The first-order chi connectivity index (χ1) is 18.9. The number of rotatable bonds is 13. The van der Waals surface area contributed by atoms with E-state index in [1.165, 1.54) is 12.1 Å². The number of hydroxylamine groups is 2. The number of nitrogens with zero attached hydrogens (tertiary/aromatic N) is 2. The highest BCUT2D eigenvalue weighted by Crippen LogP contribution is 2.49. The van der Waals surface area contributed by atoms with E-state index in [-0.39, 0.29) is 43.1 Å². The Morgan fingerprint density at radius 2 is 1.70 bits per heavy atom. The Hall–Kier alpha value is -3.09. The van der Waals surface area contributed by atoms with E-state index in [0.717, 1.165) is 16.2 Å². The average Bonchev–Trinajstić information content (AvgIpc) is 3.12. The van der Waals surface area contributed by atoms with Crippen molar-refractivity contribution in [3.05, 3.63) is 65.7 Å². The number of benzene rings is 2. The first-order valence-corrected chi connectivity index (χ1v) is 16.0. The monoisotopic (exact) mass is 594 g/mol. The molecule has 0 saturated carbocycles. The third kappa shape index (κ3) is 8.21. The number of hydrogen-bond acceptors (Lipinski definition) is 8. The number of carbonyl (C=O) groups is 2. The summed E-state index contributed by atoms with van der Waals surface area (Å²) in [4.78, 5) is 35.4. The predicted octanol–water partition coefficient (Wildman–Crippen LogP) is 4.41. The zero-order chi connectivity index (χ0) is 29.4. The van der Waals surface area contributed by atoms with Gasteiger partial charge in [-0.1, -0.05) is 48.0 Å². The number of urea groups is 2. The van der Waals surface area contributed by atoms with Crippen molar-refractivity contribution in [2.75, 3.05) is 26.0 Å². The lowest BCUT2D eigenvalue weighted by atomic mass is 9.99. The molecule has 1 heterocycles. The highest BCUT2D eigenvalue weighted by atomic mass is 32.2. The maximum absolute atomic E-state index is 13.1. The molecule has 40 heavy (non-hydrogen) atoms. The van der Waals surface area contributed by atoms with Crippen LogP contribution >= 0.6 is 7.60 Å². The number of sulfonamides is 1. The fourth-order valence-electron chi connectivity index (χ4n) is 3.96. The quantitative estimate of drug-likeness (QED) is 0.324. The maximum atomic E-state index is 13.1. The highest BCUT2D eigenvalue weighted by molar-refractivity contribution is 7.90. The molecule has 2 aromatic carbocycles. The molecule has 1 atom stereocenters. The second kappa shape index (κ2) is 13.5. The van der Waals surface area contributed by atoms with Crippen LogP contribution < -0.4 is 10.0 Å². The molecule has 1 fully saturated rings. The van der Waals surface area contributed by atoms with E-state index in [2.05, 4.69) is 10.3 Å². The number of amidine groups is 1. The van der Waals surface area contributed by atoms with E-state index in [0.29, 0.717) is 6.42 Å². The molecule has 1 saturated heterocycles. The summed E-state index contributed by atoms with van der Waals surface area (Å²) in [7, 11) is -7.76. The number of carbonyl (C=O) groups excluding carboxylic acids is 2. The molecule has 0 aromatic heterocycles. The molecule has 218 valence electrons. The van der Waals surface area contributed by atoms with Crippen molar-refractivity contribution >= 4 is 35.5 Å². The van der Waals surface area contributed by atoms with Gasteiger partial charge in [-0.05, 0) is 58.2 Å². The maximum Gasteiger partial charge on any atom is 0.356 e. The molecular weight excluding hydrogens is 559 g/mol. The number of amides is 4. The van der Waals surface area contributed by atoms with Crippen molar-refractivity contribution in [1.82, 2.24) is 15.1 Å². The van der Waals surface area contributed by atoms with Crippen LogP contribution in [-0.2, 0) is 34.9 Å². The van der Waals surface area contributed by atoms with E-state index in [1.54, 1.807) is 39.8 Å². The van der Waals surface area contributed by atoms with Gasteiger partial charge in [0.15, 0.2) is 5.84 Å². The smallest absolute Gasteiger partial charge is 0.323 e. The second-order valence-corrected chi connectivity index (χ2v) is 13.1. The second-order valence-electron chi connectivity index (χ2n) is 9.20. The summed E-state index contributed by atoms with van der Waals surface area (Å²) in [6.07, 6.45) is 0.337. The van der Waals surface area contributed by atoms with Crippen molar-refractivity contribution in [2.45, 2.75) is 51.0 Å².